The third kappa shape index (κ3) is 2.79. The standard InChI is InChI=1S/C13H15N3O/c1-10-7-15-13(17)16(8-10)9-12-4-2-11(6-14)3-5-12/h2-5,7-8H,6,9,14H2,1H3. The molecule has 2 aromatic rings. The Bertz CT molecular complexity index is 558. The van der Waals surface area contributed by atoms with E-state index in [0.717, 1.165) is 16.7 Å². The lowest BCUT2D eigenvalue weighted by Crippen LogP contribution is -2.22. The van der Waals surface area contributed by atoms with Crippen molar-refractivity contribution in [1.29, 1.82) is 0 Å². The van der Waals surface area contributed by atoms with Crippen LogP contribution in [0.3, 0.4) is 0 Å². The second-order valence-electron chi connectivity index (χ2n) is 4.06. The Hall–Kier alpha value is -1.94. The van der Waals surface area contributed by atoms with Crippen molar-refractivity contribution in [1.82, 2.24) is 9.55 Å². The smallest absolute Gasteiger partial charge is 0.326 e. The van der Waals surface area contributed by atoms with E-state index in [0.29, 0.717) is 13.1 Å². The van der Waals surface area contributed by atoms with Crippen LogP contribution in [0.1, 0.15) is 16.7 Å². The highest BCUT2D eigenvalue weighted by Gasteiger charge is 1.99. The quantitative estimate of drug-likeness (QED) is 0.856. The molecule has 0 unspecified atom stereocenters. The molecule has 0 amide bonds. The number of nitrogens with zero attached hydrogens (tertiary/aromatic N) is 2. The van der Waals surface area contributed by atoms with E-state index in [9.17, 15) is 4.79 Å². The molecule has 0 radical (unpaired) electrons. The van der Waals surface area contributed by atoms with Gasteiger partial charge >= 0.3 is 5.69 Å². The first-order chi connectivity index (χ1) is 8.19. The Morgan fingerprint density at radius 2 is 1.88 bits per heavy atom. The van der Waals surface area contributed by atoms with Gasteiger partial charge in [0, 0.05) is 18.9 Å². The number of aryl methyl sites for hydroxylation is 1. The van der Waals surface area contributed by atoms with Gasteiger partial charge in [-0.2, -0.15) is 0 Å². The van der Waals surface area contributed by atoms with E-state index in [2.05, 4.69) is 4.98 Å². The zero-order valence-electron chi connectivity index (χ0n) is 9.76. The van der Waals surface area contributed by atoms with E-state index in [1.807, 2.05) is 37.4 Å². The van der Waals surface area contributed by atoms with Crippen molar-refractivity contribution in [3.8, 4) is 0 Å². The van der Waals surface area contributed by atoms with Crippen molar-refractivity contribution in [3.63, 3.8) is 0 Å². The molecule has 1 heterocycles. The molecule has 0 saturated carbocycles. The van der Waals surface area contributed by atoms with E-state index < -0.39 is 0 Å². The summed E-state index contributed by atoms with van der Waals surface area (Å²) in [4.78, 5) is 15.3. The third-order valence-electron chi connectivity index (χ3n) is 2.60. The Balaban J connectivity index is 2.25. The highest BCUT2D eigenvalue weighted by molar-refractivity contribution is 5.22. The molecule has 17 heavy (non-hydrogen) atoms. The Kier molecular flexibility index (Phi) is 3.35. The topological polar surface area (TPSA) is 60.9 Å². The van der Waals surface area contributed by atoms with Crippen molar-refractivity contribution in [3.05, 3.63) is 63.8 Å². The largest absolute Gasteiger partial charge is 0.347 e. The lowest BCUT2D eigenvalue weighted by atomic mass is 10.1. The van der Waals surface area contributed by atoms with Gasteiger partial charge in [0.1, 0.15) is 0 Å². The van der Waals surface area contributed by atoms with Crippen LogP contribution in [-0.4, -0.2) is 9.55 Å². The van der Waals surface area contributed by atoms with Crippen LogP contribution in [-0.2, 0) is 13.1 Å². The van der Waals surface area contributed by atoms with Crippen LogP contribution in [0.5, 0.6) is 0 Å². The van der Waals surface area contributed by atoms with Gasteiger partial charge in [-0.25, -0.2) is 9.78 Å². The molecule has 0 bridgehead atoms. The van der Waals surface area contributed by atoms with Gasteiger partial charge in [0.25, 0.3) is 0 Å². The molecule has 0 aliphatic heterocycles. The molecule has 0 aliphatic carbocycles. The normalized spacial score (nSPS) is 10.5. The van der Waals surface area contributed by atoms with Crippen molar-refractivity contribution >= 4 is 0 Å². The number of rotatable bonds is 3. The minimum atomic E-state index is -0.224. The first kappa shape index (κ1) is 11.5. The summed E-state index contributed by atoms with van der Waals surface area (Å²) >= 11 is 0. The Morgan fingerprint density at radius 1 is 1.24 bits per heavy atom. The Morgan fingerprint density at radius 3 is 2.53 bits per heavy atom. The molecule has 4 nitrogen and oxygen atoms in total. The fourth-order valence-electron chi connectivity index (χ4n) is 1.66. The van der Waals surface area contributed by atoms with Crippen molar-refractivity contribution in [2.45, 2.75) is 20.0 Å². The van der Waals surface area contributed by atoms with Crippen LogP contribution in [0, 0.1) is 6.92 Å². The van der Waals surface area contributed by atoms with Crippen molar-refractivity contribution in [2.75, 3.05) is 0 Å². The average molecular weight is 229 g/mol. The van der Waals surface area contributed by atoms with Crippen LogP contribution in [0.4, 0.5) is 0 Å². The molecule has 2 N–H and O–H groups in total. The second kappa shape index (κ2) is 4.93. The molecule has 0 spiro atoms. The third-order valence-corrected chi connectivity index (χ3v) is 2.60. The summed E-state index contributed by atoms with van der Waals surface area (Å²) in [6.07, 6.45) is 3.39. The zero-order valence-corrected chi connectivity index (χ0v) is 9.76. The minimum Gasteiger partial charge on any atom is -0.326 e. The van der Waals surface area contributed by atoms with Crippen LogP contribution >= 0.6 is 0 Å². The zero-order chi connectivity index (χ0) is 12.3. The van der Waals surface area contributed by atoms with Gasteiger partial charge in [-0.15, -0.1) is 0 Å². The predicted molar refractivity (Wildman–Crippen MR) is 66.7 cm³/mol. The van der Waals surface area contributed by atoms with Crippen LogP contribution in [0.2, 0.25) is 0 Å². The molecular weight excluding hydrogens is 214 g/mol. The lowest BCUT2D eigenvalue weighted by Gasteiger charge is -2.06. The molecule has 0 fully saturated rings. The number of aromatic nitrogens is 2. The summed E-state index contributed by atoms with van der Waals surface area (Å²) in [6, 6.07) is 7.92. The second-order valence-corrected chi connectivity index (χ2v) is 4.06. The van der Waals surface area contributed by atoms with E-state index >= 15 is 0 Å². The summed E-state index contributed by atoms with van der Waals surface area (Å²) in [6.45, 7) is 2.99. The van der Waals surface area contributed by atoms with Gasteiger partial charge in [0.05, 0.1) is 6.54 Å². The molecule has 1 aromatic heterocycles. The molecule has 0 saturated heterocycles. The van der Waals surface area contributed by atoms with Crippen LogP contribution in [0.25, 0.3) is 0 Å². The molecule has 88 valence electrons. The number of hydrogen-bond donors (Lipinski definition) is 1. The molecule has 2 rings (SSSR count). The van der Waals surface area contributed by atoms with Gasteiger partial charge < -0.3 is 5.73 Å². The first-order valence-electron chi connectivity index (χ1n) is 5.50. The van der Waals surface area contributed by atoms with Gasteiger partial charge in [-0.05, 0) is 23.6 Å². The number of nitrogens with two attached hydrogens (primary N) is 1. The molecule has 4 heteroatoms. The maximum Gasteiger partial charge on any atom is 0.347 e. The van der Waals surface area contributed by atoms with Crippen LogP contribution < -0.4 is 11.4 Å². The van der Waals surface area contributed by atoms with E-state index in [-0.39, 0.29) is 5.69 Å². The maximum absolute atomic E-state index is 11.5. The number of hydrogen-bond acceptors (Lipinski definition) is 3. The van der Waals surface area contributed by atoms with E-state index in [1.165, 1.54) is 0 Å². The fourth-order valence-corrected chi connectivity index (χ4v) is 1.66. The average Bonchev–Trinajstić information content (AvgIpc) is 2.35. The fraction of sp³-hybridized carbons (Fsp3) is 0.231. The van der Waals surface area contributed by atoms with Crippen molar-refractivity contribution < 1.29 is 0 Å². The molecule has 1 aromatic carbocycles. The molecular formula is C13H15N3O. The Labute approximate surface area is 99.7 Å². The highest BCUT2D eigenvalue weighted by atomic mass is 16.1. The van der Waals surface area contributed by atoms with E-state index in [1.54, 1.807) is 10.8 Å². The molecule has 0 atom stereocenters. The summed E-state index contributed by atoms with van der Waals surface area (Å²) in [5, 5.41) is 0. The maximum atomic E-state index is 11.5. The van der Waals surface area contributed by atoms with Gasteiger partial charge in [0.15, 0.2) is 0 Å². The van der Waals surface area contributed by atoms with Gasteiger partial charge in [0.2, 0.25) is 0 Å². The highest BCUT2D eigenvalue weighted by Crippen LogP contribution is 2.05. The van der Waals surface area contributed by atoms with Crippen LogP contribution in [0.15, 0.2) is 41.5 Å². The molecule has 0 aliphatic rings. The summed E-state index contributed by atoms with van der Waals surface area (Å²) in [5.74, 6) is 0. The summed E-state index contributed by atoms with van der Waals surface area (Å²) in [7, 11) is 0. The number of benzene rings is 1. The van der Waals surface area contributed by atoms with E-state index in [4.69, 9.17) is 5.73 Å². The first-order valence-corrected chi connectivity index (χ1v) is 5.50. The minimum absolute atomic E-state index is 0.224. The van der Waals surface area contributed by atoms with Crippen molar-refractivity contribution in [2.24, 2.45) is 5.73 Å². The SMILES string of the molecule is Cc1cnc(=O)n(Cc2ccc(CN)cc2)c1. The van der Waals surface area contributed by atoms with Gasteiger partial charge in [-0.3, -0.25) is 4.57 Å². The monoisotopic (exact) mass is 229 g/mol. The van der Waals surface area contributed by atoms with Gasteiger partial charge in [-0.1, -0.05) is 24.3 Å². The summed E-state index contributed by atoms with van der Waals surface area (Å²) in [5.41, 5.74) is 8.44. The predicted octanol–water partition coefficient (Wildman–Crippen LogP) is 1.06. The lowest BCUT2D eigenvalue weighted by molar-refractivity contribution is 0.720. The summed E-state index contributed by atoms with van der Waals surface area (Å²) < 4.78 is 1.60.